The Morgan fingerprint density at radius 2 is 2.00 bits per heavy atom. The number of hydrogen-bond donors (Lipinski definition) is 1. The summed E-state index contributed by atoms with van der Waals surface area (Å²) in [5.74, 6) is 0. The maximum Gasteiger partial charge on any atom is 0.0234 e. The van der Waals surface area contributed by atoms with E-state index >= 15 is 0 Å². The predicted molar refractivity (Wildman–Crippen MR) is 57.4 cm³/mol. The standard InChI is InChI=1S/C11H9N.ClH/c1-2-4-9-8(3-1)5-6-12-11-7-10(9)11;/h1-6,12H,7H2;1H. The molecule has 0 saturated carbocycles. The molecule has 0 unspecified atom stereocenters. The maximum atomic E-state index is 3.26. The molecule has 0 atom stereocenters. The van der Waals surface area contributed by atoms with Crippen molar-refractivity contribution in [1.29, 1.82) is 0 Å². The maximum absolute atomic E-state index is 3.26. The summed E-state index contributed by atoms with van der Waals surface area (Å²) in [5, 5.41) is 3.26. The Bertz CT molecular complexity index is 404. The molecular formula is C11H10ClN. The molecule has 1 N–H and O–H groups in total. The molecule has 1 nitrogen and oxygen atoms in total. The molecule has 0 amide bonds. The van der Waals surface area contributed by atoms with Gasteiger partial charge in [-0.05, 0) is 22.8 Å². The summed E-state index contributed by atoms with van der Waals surface area (Å²) < 4.78 is 0. The Hall–Kier alpha value is -1.21. The minimum Gasteiger partial charge on any atom is -0.364 e. The van der Waals surface area contributed by atoms with Crippen LogP contribution in [-0.2, 0) is 0 Å². The lowest BCUT2D eigenvalue weighted by atomic mass is 10.1. The molecule has 0 fully saturated rings. The topological polar surface area (TPSA) is 12.0 Å². The minimum atomic E-state index is 0. The van der Waals surface area contributed by atoms with Crippen LogP contribution in [0.3, 0.4) is 0 Å². The fraction of sp³-hybridized carbons (Fsp3) is 0.0909. The van der Waals surface area contributed by atoms with Gasteiger partial charge < -0.3 is 5.32 Å². The van der Waals surface area contributed by atoms with E-state index in [-0.39, 0.29) is 12.4 Å². The summed E-state index contributed by atoms with van der Waals surface area (Å²) in [6.07, 6.45) is 5.29. The molecule has 0 spiro atoms. The summed E-state index contributed by atoms with van der Waals surface area (Å²) in [6, 6.07) is 8.52. The van der Waals surface area contributed by atoms with Gasteiger partial charge in [0.1, 0.15) is 0 Å². The Balaban J connectivity index is 0.000000653. The van der Waals surface area contributed by atoms with Gasteiger partial charge in [-0.15, -0.1) is 12.4 Å². The average Bonchev–Trinajstić information content (AvgIpc) is 2.82. The fourth-order valence-corrected chi connectivity index (χ4v) is 1.68. The molecule has 0 aromatic heterocycles. The van der Waals surface area contributed by atoms with Crippen LogP contribution in [0.4, 0.5) is 0 Å². The Labute approximate surface area is 83.6 Å². The summed E-state index contributed by atoms with van der Waals surface area (Å²) in [5.41, 5.74) is 5.59. The van der Waals surface area contributed by atoms with Gasteiger partial charge in [-0.1, -0.05) is 24.3 Å². The first-order chi connectivity index (χ1) is 5.95. The number of allylic oxidation sites excluding steroid dienone is 2. The summed E-state index contributed by atoms with van der Waals surface area (Å²) >= 11 is 0. The van der Waals surface area contributed by atoms with Gasteiger partial charge in [0.05, 0.1) is 0 Å². The van der Waals surface area contributed by atoms with E-state index in [1.54, 1.807) is 0 Å². The van der Waals surface area contributed by atoms with E-state index in [9.17, 15) is 0 Å². The van der Waals surface area contributed by atoms with Crippen LogP contribution < -0.4 is 5.32 Å². The highest BCUT2D eigenvalue weighted by Gasteiger charge is 2.24. The monoisotopic (exact) mass is 191 g/mol. The molecule has 0 radical (unpaired) electrons. The van der Waals surface area contributed by atoms with E-state index in [2.05, 4.69) is 35.7 Å². The van der Waals surface area contributed by atoms with Gasteiger partial charge in [-0.2, -0.15) is 0 Å². The highest BCUT2D eigenvalue weighted by atomic mass is 35.5. The van der Waals surface area contributed by atoms with Crippen molar-refractivity contribution in [2.45, 2.75) is 6.42 Å². The molecule has 1 aromatic rings. The van der Waals surface area contributed by atoms with Crippen molar-refractivity contribution in [3.63, 3.8) is 0 Å². The molecule has 1 heterocycles. The molecule has 66 valence electrons. The second kappa shape index (κ2) is 2.93. The van der Waals surface area contributed by atoms with E-state index in [1.165, 1.54) is 22.4 Å². The first-order valence-corrected chi connectivity index (χ1v) is 4.20. The van der Waals surface area contributed by atoms with Crippen LogP contribution in [0.5, 0.6) is 0 Å². The third-order valence-corrected chi connectivity index (χ3v) is 2.40. The lowest BCUT2D eigenvalue weighted by Gasteiger charge is -1.99. The van der Waals surface area contributed by atoms with Crippen LogP contribution in [0.2, 0.25) is 0 Å². The van der Waals surface area contributed by atoms with Crippen LogP contribution in [0.15, 0.2) is 36.2 Å². The third-order valence-electron chi connectivity index (χ3n) is 2.40. The number of benzene rings is 1. The zero-order valence-corrected chi connectivity index (χ0v) is 7.90. The molecule has 1 aliphatic heterocycles. The molecule has 3 rings (SSSR count). The molecule has 1 aromatic carbocycles. The summed E-state index contributed by atoms with van der Waals surface area (Å²) in [6.45, 7) is 0. The zero-order valence-electron chi connectivity index (χ0n) is 7.08. The van der Waals surface area contributed by atoms with Crippen molar-refractivity contribution in [2.24, 2.45) is 0 Å². The number of nitrogens with one attached hydrogen (secondary N) is 1. The highest BCUT2D eigenvalue weighted by Crippen LogP contribution is 2.41. The van der Waals surface area contributed by atoms with E-state index in [0.29, 0.717) is 0 Å². The fourth-order valence-electron chi connectivity index (χ4n) is 1.68. The SMILES string of the molecule is C1=Cc2ccccc2C2=C(C2)N1.Cl. The Kier molecular flexibility index (Phi) is 1.89. The smallest absolute Gasteiger partial charge is 0.0234 e. The van der Waals surface area contributed by atoms with Gasteiger partial charge in [0.2, 0.25) is 0 Å². The van der Waals surface area contributed by atoms with Crippen LogP contribution in [0.1, 0.15) is 17.5 Å². The summed E-state index contributed by atoms with van der Waals surface area (Å²) in [7, 11) is 0. The van der Waals surface area contributed by atoms with Gasteiger partial charge in [0, 0.05) is 18.3 Å². The lowest BCUT2D eigenvalue weighted by molar-refractivity contribution is 1.12. The summed E-state index contributed by atoms with van der Waals surface area (Å²) in [4.78, 5) is 0. The second-order valence-electron chi connectivity index (χ2n) is 3.20. The van der Waals surface area contributed by atoms with Crippen LogP contribution in [0.25, 0.3) is 11.6 Å². The van der Waals surface area contributed by atoms with Crippen molar-refractivity contribution >= 4 is 24.1 Å². The average molecular weight is 192 g/mol. The quantitative estimate of drug-likeness (QED) is 0.665. The molecule has 2 heteroatoms. The molecule has 2 aliphatic rings. The van der Waals surface area contributed by atoms with Crippen LogP contribution >= 0.6 is 12.4 Å². The van der Waals surface area contributed by atoms with E-state index in [1.807, 2.05) is 6.20 Å². The van der Waals surface area contributed by atoms with Crippen molar-refractivity contribution in [2.75, 3.05) is 0 Å². The van der Waals surface area contributed by atoms with E-state index in [0.717, 1.165) is 6.42 Å². The highest BCUT2D eigenvalue weighted by molar-refractivity contribution is 5.87. The third kappa shape index (κ3) is 1.25. The van der Waals surface area contributed by atoms with Gasteiger partial charge in [-0.25, -0.2) is 0 Å². The molecule has 0 bridgehead atoms. The van der Waals surface area contributed by atoms with Gasteiger partial charge in [-0.3, -0.25) is 0 Å². The van der Waals surface area contributed by atoms with Crippen LogP contribution in [-0.4, -0.2) is 0 Å². The van der Waals surface area contributed by atoms with Crippen molar-refractivity contribution in [3.05, 3.63) is 47.3 Å². The normalized spacial score (nSPS) is 16.3. The predicted octanol–water partition coefficient (Wildman–Crippen LogP) is 2.80. The van der Waals surface area contributed by atoms with E-state index < -0.39 is 0 Å². The number of rotatable bonds is 0. The van der Waals surface area contributed by atoms with E-state index in [4.69, 9.17) is 0 Å². The van der Waals surface area contributed by atoms with Crippen molar-refractivity contribution < 1.29 is 0 Å². The first-order valence-electron chi connectivity index (χ1n) is 4.20. The largest absolute Gasteiger partial charge is 0.364 e. The van der Waals surface area contributed by atoms with Gasteiger partial charge >= 0.3 is 0 Å². The minimum absolute atomic E-state index is 0. The molecular weight excluding hydrogens is 182 g/mol. The van der Waals surface area contributed by atoms with Gasteiger partial charge in [0.25, 0.3) is 0 Å². The zero-order chi connectivity index (χ0) is 7.97. The number of halogens is 1. The Morgan fingerprint density at radius 1 is 1.15 bits per heavy atom. The molecule has 1 aliphatic carbocycles. The Morgan fingerprint density at radius 3 is 2.92 bits per heavy atom. The first kappa shape index (κ1) is 8.39. The lowest BCUT2D eigenvalue weighted by Crippen LogP contribution is -1.92. The number of hydrogen-bond acceptors (Lipinski definition) is 1. The second-order valence-corrected chi connectivity index (χ2v) is 3.20. The van der Waals surface area contributed by atoms with Crippen LogP contribution in [0, 0.1) is 0 Å². The molecule has 0 saturated heterocycles. The van der Waals surface area contributed by atoms with Crippen molar-refractivity contribution in [1.82, 2.24) is 5.32 Å². The number of fused-ring (bicyclic) bond motifs is 2. The van der Waals surface area contributed by atoms with Gasteiger partial charge in [0.15, 0.2) is 0 Å². The molecule has 13 heavy (non-hydrogen) atoms. The van der Waals surface area contributed by atoms with Crippen molar-refractivity contribution in [3.8, 4) is 0 Å².